The number of aryl methyl sites for hydroxylation is 2. The van der Waals surface area contributed by atoms with Gasteiger partial charge in [-0.25, -0.2) is 5.43 Å². The Morgan fingerprint density at radius 1 is 1.17 bits per heavy atom. The van der Waals surface area contributed by atoms with Crippen LogP contribution in [0.15, 0.2) is 41.5 Å². The third-order valence-electron chi connectivity index (χ3n) is 3.92. The van der Waals surface area contributed by atoms with E-state index in [1.165, 1.54) is 0 Å². The first-order chi connectivity index (χ1) is 11.4. The van der Waals surface area contributed by atoms with Crippen LogP contribution in [0.2, 0.25) is 0 Å². The van der Waals surface area contributed by atoms with Crippen LogP contribution in [0, 0.1) is 13.8 Å². The molecule has 4 heteroatoms. The quantitative estimate of drug-likeness (QED) is 0.662. The molecule has 0 aliphatic carbocycles. The number of hydrazone groups is 1. The van der Waals surface area contributed by atoms with Gasteiger partial charge in [0.05, 0.1) is 13.3 Å². The zero-order valence-corrected chi connectivity index (χ0v) is 14.9. The Balaban J connectivity index is 2.15. The van der Waals surface area contributed by atoms with Crippen LogP contribution in [0.1, 0.15) is 52.4 Å². The largest absolute Gasteiger partial charge is 0.496 e. The molecule has 0 heterocycles. The number of methoxy groups -OCH3 is 1. The van der Waals surface area contributed by atoms with Crippen molar-refractivity contribution in [2.45, 2.75) is 33.6 Å². The fraction of sp³-hybridized carbons (Fsp3) is 0.300. The maximum Gasteiger partial charge on any atom is 0.271 e. The fourth-order valence-corrected chi connectivity index (χ4v) is 2.41. The van der Waals surface area contributed by atoms with E-state index in [2.05, 4.69) is 30.4 Å². The highest BCUT2D eigenvalue weighted by atomic mass is 16.5. The molecule has 0 unspecified atom stereocenters. The van der Waals surface area contributed by atoms with E-state index in [9.17, 15) is 4.79 Å². The zero-order chi connectivity index (χ0) is 17.7. The highest BCUT2D eigenvalue weighted by molar-refractivity contribution is 5.95. The molecule has 1 amide bonds. The molecule has 0 bridgehead atoms. The van der Waals surface area contributed by atoms with E-state index in [1.807, 2.05) is 32.0 Å². The van der Waals surface area contributed by atoms with E-state index in [0.717, 1.165) is 28.0 Å². The van der Waals surface area contributed by atoms with Crippen molar-refractivity contribution in [1.82, 2.24) is 5.43 Å². The van der Waals surface area contributed by atoms with Gasteiger partial charge in [0.1, 0.15) is 5.75 Å². The molecule has 126 valence electrons. The van der Waals surface area contributed by atoms with Crippen LogP contribution in [0.4, 0.5) is 0 Å². The highest BCUT2D eigenvalue weighted by Gasteiger charge is 2.10. The van der Waals surface area contributed by atoms with Gasteiger partial charge in [-0.15, -0.1) is 0 Å². The third-order valence-corrected chi connectivity index (χ3v) is 3.92. The molecule has 0 fully saturated rings. The second-order valence-electron chi connectivity index (χ2n) is 6.17. The summed E-state index contributed by atoms with van der Waals surface area (Å²) in [5.41, 5.74) is 7.40. The van der Waals surface area contributed by atoms with Crippen molar-refractivity contribution in [3.63, 3.8) is 0 Å². The molecule has 0 saturated heterocycles. The van der Waals surface area contributed by atoms with Crippen LogP contribution in [0.25, 0.3) is 0 Å². The van der Waals surface area contributed by atoms with Gasteiger partial charge in [0, 0.05) is 5.56 Å². The number of nitrogens with one attached hydrogen (secondary N) is 1. The molecule has 2 rings (SSSR count). The summed E-state index contributed by atoms with van der Waals surface area (Å²) in [6.07, 6.45) is 1.67. The van der Waals surface area contributed by atoms with Gasteiger partial charge in [-0.1, -0.05) is 31.5 Å². The zero-order valence-electron chi connectivity index (χ0n) is 14.9. The van der Waals surface area contributed by atoms with Crippen molar-refractivity contribution < 1.29 is 9.53 Å². The van der Waals surface area contributed by atoms with Gasteiger partial charge in [0.2, 0.25) is 0 Å². The lowest BCUT2D eigenvalue weighted by molar-refractivity contribution is 0.0955. The number of rotatable bonds is 5. The fourth-order valence-electron chi connectivity index (χ4n) is 2.41. The van der Waals surface area contributed by atoms with Gasteiger partial charge in [-0.05, 0) is 60.7 Å². The summed E-state index contributed by atoms with van der Waals surface area (Å²) in [5.74, 6) is 1.000. The Morgan fingerprint density at radius 3 is 2.42 bits per heavy atom. The molecule has 0 aliphatic heterocycles. The van der Waals surface area contributed by atoms with Crippen LogP contribution in [0.5, 0.6) is 5.75 Å². The van der Waals surface area contributed by atoms with Crippen LogP contribution in [-0.2, 0) is 0 Å². The van der Waals surface area contributed by atoms with Crippen molar-refractivity contribution in [3.05, 3.63) is 64.2 Å². The molecule has 0 atom stereocenters. The lowest BCUT2D eigenvalue weighted by Gasteiger charge is -2.14. The highest BCUT2D eigenvalue weighted by Crippen LogP contribution is 2.28. The number of amides is 1. The molecule has 0 saturated carbocycles. The van der Waals surface area contributed by atoms with Crippen molar-refractivity contribution in [2.24, 2.45) is 5.10 Å². The summed E-state index contributed by atoms with van der Waals surface area (Å²) in [5, 5.41) is 4.09. The second-order valence-corrected chi connectivity index (χ2v) is 6.17. The van der Waals surface area contributed by atoms with Crippen LogP contribution >= 0.6 is 0 Å². The van der Waals surface area contributed by atoms with Gasteiger partial charge in [-0.3, -0.25) is 4.79 Å². The number of nitrogens with zero attached hydrogens (tertiary/aromatic N) is 1. The molecule has 1 N–H and O–H groups in total. The first kappa shape index (κ1) is 17.7. The minimum absolute atomic E-state index is 0.221. The van der Waals surface area contributed by atoms with Gasteiger partial charge in [0.15, 0.2) is 0 Å². The van der Waals surface area contributed by atoms with Crippen LogP contribution in [-0.4, -0.2) is 19.2 Å². The number of hydrogen-bond acceptors (Lipinski definition) is 3. The molecule has 0 aromatic heterocycles. The molecule has 0 aliphatic rings. The standard InChI is InChI=1S/C20H24N2O2/c1-13(2)18-11-17(15(4)10-19(18)24-5)12-21-22-20(23)16-8-6-14(3)7-9-16/h6-13H,1-5H3,(H,22,23)/b21-12+. The lowest BCUT2D eigenvalue weighted by atomic mass is 9.97. The van der Waals surface area contributed by atoms with Gasteiger partial charge in [-0.2, -0.15) is 5.10 Å². The summed E-state index contributed by atoms with van der Waals surface area (Å²) < 4.78 is 5.44. The molecular weight excluding hydrogens is 300 g/mol. The average Bonchev–Trinajstić information content (AvgIpc) is 2.56. The van der Waals surface area contributed by atoms with Gasteiger partial charge < -0.3 is 4.74 Å². The van der Waals surface area contributed by atoms with E-state index >= 15 is 0 Å². The summed E-state index contributed by atoms with van der Waals surface area (Å²) in [4.78, 5) is 12.1. The van der Waals surface area contributed by atoms with Crippen LogP contribution in [0.3, 0.4) is 0 Å². The molecular formula is C20H24N2O2. The predicted octanol–water partition coefficient (Wildman–Crippen LogP) is 4.20. The Morgan fingerprint density at radius 2 is 1.83 bits per heavy atom. The summed E-state index contributed by atoms with van der Waals surface area (Å²) in [6, 6.07) is 11.4. The minimum Gasteiger partial charge on any atom is -0.496 e. The van der Waals surface area contributed by atoms with Crippen molar-refractivity contribution in [1.29, 1.82) is 0 Å². The van der Waals surface area contributed by atoms with E-state index in [1.54, 1.807) is 25.5 Å². The van der Waals surface area contributed by atoms with E-state index in [-0.39, 0.29) is 5.91 Å². The van der Waals surface area contributed by atoms with E-state index in [0.29, 0.717) is 11.5 Å². The molecule has 2 aromatic carbocycles. The first-order valence-corrected chi connectivity index (χ1v) is 8.01. The first-order valence-electron chi connectivity index (χ1n) is 8.01. The summed E-state index contributed by atoms with van der Waals surface area (Å²) in [7, 11) is 1.68. The molecule has 4 nitrogen and oxygen atoms in total. The number of carbonyl (C=O) groups excluding carboxylic acids is 1. The van der Waals surface area contributed by atoms with Crippen molar-refractivity contribution >= 4 is 12.1 Å². The third kappa shape index (κ3) is 4.22. The van der Waals surface area contributed by atoms with Crippen molar-refractivity contribution in [2.75, 3.05) is 7.11 Å². The van der Waals surface area contributed by atoms with E-state index < -0.39 is 0 Å². The molecule has 0 radical (unpaired) electrons. The number of carbonyl (C=O) groups is 1. The Bertz CT molecular complexity index is 747. The maximum absolute atomic E-state index is 12.1. The Hall–Kier alpha value is -2.62. The summed E-state index contributed by atoms with van der Waals surface area (Å²) in [6.45, 7) is 8.22. The Kier molecular flexibility index (Phi) is 5.74. The number of hydrogen-bond donors (Lipinski definition) is 1. The monoisotopic (exact) mass is 324 g/mol. The van der Waals surface area contributed by atoms with Gasteiger partial charge >= 0.3 is 0 Å². The van der Waals surface area contributed by atoms with Crippen LogP contribution < -0.4 is 10.2 Å². The van der Waals surface area contributed by atoms with E-state index in [4.69, 9.17) is 4.74 Å². The SMILES string of the molecule is COc1cc(C)c(/C=N/NC(=O)c2ccc(C)cc2)cc1C(C)C. The molecule has 0 spiro atoms. The Labute approximate surface area is 143 Å². The number of ether oxygens (including phenoxy) is 1. The minimum atomic E-state index is -0.221. The van der Waals surface area contributed by atoms with Gasteiger partial charge in [0.25, 0.3) is 5.91 Å². The topological polar surface area (TPSA) is 50.7 Å². The number of benzene rings is 2. The summed E-state index contributed by atoms with van der Waals surface area (Å²) >= 11 is 0. The predicted molar refractivity (Wildman–Crippen MR) is 98.1 cm³/mol. The normalized spacial score (nSPS) is 11.1. The maximum atomic E-state index is 12.1. The van der Waals surface area contributed by atoms with Crippen molar-refractivity contribution in [3.8, 4) is 5.75 Å². The lowest BCUT2D eigenvalue weighted by Crippen LogP contribution is -2.17. The molecule has 24 heavy (non-hydrogen) atoms. The second kappa shape index (κ2) is 7.77. The molecule has 2 aromatic rings. The smallest absolute Gasteiger partial charge is 0.271 e. The average molecular weight is 324 g/mol.